The summed E-state index contributed by atoms with van der Waals surface area (Å²) in [5.74, 6) is 0. The Kier molecular flexibility index (Phi) is 6.66. The lowest BCUT2D eigenvalue weighted by Crippen LogP contribution is -2.27. The first-order valence-corrected chi connectivity index (χ1v) is 8.39. The van der Waals surface area contributed by atoms with Crippen molar-refractivity contribution in [2.75, 3.05) is 13.6 Å². The van der Waals surface area contributed by atoms with E-state index in [1.807, 2.05) is 30.5 Å². The first-order valence-electron chi connectivity index (χ1n) is 8.39. The van der Waals surface area contributed by atoms with Crippen molar-refractivity contribution in [2.45, 2.75) is 25.9 Å². The predicted molar refractivity (Wildman–Crippen MR) is 109 cm³/mol. The molecule has 0 spiro atoms. The number of benzene rings is 1. The van der Waals surface area contributed by atoms with Gasteiger partial charge in [-0.15, -0.1) is 24.8 Å². The second-order valence-electron chi connectivity index (χ2n) is 6.48. The third-order valence-corrected chi connectivity index (χ3v) is 4.89. The Hall–Kier alpha value is -2.06. The molecule has 1 aromatic carbocycles. The molecule has 0 aliphatic carbocycles. The Morgan fingerprint density at radius 2 is 2.04 bits per heavy atom. The summed E-state index contributed by atoms with van der Waals surface area (Å²) in [5.41, 5.74) is 5.91. The third kappa shape index (κ3) is 3.71. The van der Waals surface area contributed by atoms with Gasteiger partial charge in [0, 0.05) is 61.0 Å². The van der Waals surface area contributed by atoms with Crippen LogP contribution in [0.5, 0.6) is 0 Å². The van der Waals surface area contributed by atoms with Crippen molar-refractivity contribution in [1.29, 1.82) is 5.26 Å². The highest BCUT2D eigenvalue weighted by Crippen LogP contribution is 2.31. The van der Waals surface area contributed by atoms with Crippen LogP contribution in [-0.2, 0) is 25.9 Å². The molecule has 1 aliphatic rings. The van der Waals surface area contributed by atoms with Crippen molar-refractivity contribution in [3.63, 3.8) is 0 Å². The molecule has 26 heavy (non-hydrogen) atoms. The molecule has 0 fully saturated rings. The maximum absolute atomic E-state index is 9.24. The summed E-state index contributed by atoms with van der Waals surface area (Å²) in [4.78, 5) is 6.80. The minimum Gasteiger partial charge on any atom is -0.344 e. The Morgan fingerprint density at radius 1 is 1.19 bits per heavy atom. The average molecular weight is 389 g/mol. The zero-order valence-electron chi connectivity index (χ0n) is 14.7. The number of hydrogen-bond donors (Lipinski definition) is 0. The molecule has 0 unspecified atom stereocenters. The normalized spacial score (nSPS) is 13.4. The van der Waals surface area contributed by atoms with E-state index in [-0.39, 0.29) is 24.8 Å². The van der Waals surface area contributed by atoms with Gasteiger partial charge in [0.15, 0.2) is 0 Å². The number of rotatable bonds is 3. The molecule has 3 heterocycles. The molecule has 0 saturated carbocycles. The van der Waals surface area contributed by atoms with Gasteiger partial charge < -0.3 is 9.47 Å². The molecule has 2 aromatic heterocycles. The van der Waals surface area contributed by atoms with E-state index in [1.165, 1.54) is 22.2 Å². The van der Waals surface area contributed by atoms with E-state index < -0.39 is 0 Å². The number of nitrogens with zero attached hydrogens (tertiary/aromatic N) is 4. The molecular formula is C20H22Cl2N4. The van der Waals surface area contributed by atoms with E-state index in [1.54, 1.807) is 0 Å². The second kappa shape index (κ2) is 8.55. The van der Waals surface area contributed by atoms with Crippen molar-refractivity contribution < 1.29 is 0 Å². The van der Waals surface area contributed by atoms with Crippen molar-refractivity contribution >= 4 is 35.7 Å². The number of hydrogen-bond acceptors (Lipinski definition) is 3. The molecule has 0 N–H and O–H groups in total. The highest BCUT2D eigenvalue weighted by Gasteiger charge is 2.22. The van der Waals surface area contributed by atoms with Crippen molar-refractivity contribution in [2.24, 2.45) is 0 Å². The van der Waals surface area contributed by atoms with E-state index in [2.05, 4.69) is 39.7 Å². The fraction of sp³-hybridized carbons (Fsp3) is 0.300. The largest absolute Gasteiger partial charge is 0.344 e. The van der Waals surface area contributed by atoms with E-state index in [0.29, 0.717) is 0 Å². The molecule has 6 heteroatoms. The molecule has 0 bridgehead atoms. The highest BCUT2D eigenvalue weighted by atomic mass is 35.5. The van der Waals surface area contributed by atoms with Crippen molar-refractivity contribution in [1.82, 2.24) is 14.5 Å². The molecule has 4 nitrogen and oxygen atoms in total. The lowest BCUT2D eigenvalue weighted by atomic mass is 10.0. The molecular weight excluding hydrogens is 367 g/mol. The number of pyridine rings is 1. The lowest BCUT2D eigenvalue weighted by molar-refractivity contribution is 0.309. The van der Waals surface area contributed by atoms with Gasteiger partial charge in [0.25, 0.3) is 0 Å². The van der Waals surface area contributed by atoms with Gasteiger partial charge in [-0.05, 0) is 42.9 Å². The maximum atomic E-state index is 9.24. The molecule has 4 rings (SSSR count). The van der Waals surface area contributed by atoms with Gasteiger partial charge in [0.05, 0.1) is 11.6 Å². The van der Waals surface area contributed by atoms with Gasteiger partial charge in [-0.3, -0.25) is 4.98 Å². The zero-order chi connectivity index (χ0) is 16.5. The first kappa shape index (κ1) is 20.3. The van der Waals surface area contributed by atoms with Crippen LogP contribution in [0.15, 0.2) is 42.6 Å². The van der Waals surface area contributed by atoms with E-state index >= 15 is 0 Å². The zero-order valence-corrected chi connectivity index (χ0v) is 16.3. The van der Waals surface area contributed by atoms with Gasteiger partial charge in [-0.25, -0.2) is 0 Å². The number of fused-ring (bicyclic) bond motifs is 3. The average Bonchev–Trinajstić information content (AvgIpc) is 2.93. The molecule has 0 atom stereocenters. The Morgan fingerprint density at radius 3 is 2.77 bits per heavy atom. The van der Waals surface area contributed by atoms with Crippen molar-refractivity contribution in [3.8, 4) is 6.07 Å². The number of aromatic nitrogens is 2. The summed E-state index contributed by atoms with van der Waals surface area (Å²) < 4.78 is 2.44. The fourth-order valence-corrected chi connectivity index (χ4v) is 3.68. The summed E-state index contributed by atoms with van der Waals surface area (Å²) in [6.07, 6.45) is 3.84. The first-order chi connectivity index (χ1) is 11.8. The molecule has 3 aromatic rings. The van der Waals surface area contributed by atoms with Crippen molar-refractivity contribution in [3.05, 3.63) is 65.1 Å². The van der Waals surface area contributed by atoms with E-state index in [0.717, 1.165) is 43.7 Å². The van der Waals surface area contributed by atoms with E-state index in [4.69, 9.17) is 0 Å². The van der Waals surface area contributed by atoms with Gasteiger partial charge in [0.1, 0.15) is 0 Å². The minimum absolute atomic E-state index is 0. The van der Waals surface area contributed by atoms with Crippen LogP contribution in [0, 0.1) is 11.3 Å². The van der Waals surface area contributed by atoms with Crippen LogP contribution in [0.25, 0.3) is 10.9 Å². The smallest absolute Gasteiger partial charge is 0.0991 e. The highest BCUT2D eigenvalue weighted by molar-refractivity contribution is 5.87. The molecule has 136 valence electrons. The molecule has 0 saturated heterocycles. The number of halogens is 2. The monoisotopic (exact) mass is 388 g/mol. The number of aryl methyl sites for hydroxylation is 2. The Labute approximate surface area is 166 Å². The van der Waals surface area contributed by atoms with Crippen LogP contribution in [0.2, 0.25) is 0 Å². The second-order valence-corrected chi connectivity index (χ2v) is 6.48. The fourth-order valence-electron chi connectivity index (χ4n) is 3.68. The molecule has 0 amide bonds. The topological polar surface area (TPSA) is 44.9 Å². The number of likely N-dealkylation sites (N-methyl/N-ethyl adjacent to an activating group) is 1. The Bertz CT molecular complexity index is 928. The molecule has 0 radical (unpaired) electrons. The summed E-state index contributed by atoms with van der Waals surface area (Å²) in [7, 11) is 2.16. The van der Waals surface area contributed by atoms with E-state index in [9.17, 15) is 5.26 Å². The predicted octanol–water partition coefficient (Wildman–Crippen LogP) is 3.98. The van der Waals surface area contributed by atoms with Gasteiger partial charge in [-0.2, -0.15) is 5.26 Å². The summed E-state index contributed by atoms with van der Waals surface area (Å²) >= 11 is 0. The minimum atomic E-state index is 0. The van der Waals surface area contributed by atoms with Crippen LogP contribution in [-0.4, -0.2) is 28.0 Å². The summed E-state index contributed by atoms with van der Waals surface area (Å²) in [5, 5.41) is 10.5. The van der Waals surface area contributed by atoms with Crippen LogP contribution in [0.4, 0.5) is 0 Å². The maximum Gasteiger partial charge on any atom is 0.0991 e. The van der Waals surface area contributed by atoms with Gasteiger partial charge in [-0.1, -0.05) is 6.07 Å². The molecule has 1 aliphatic heterocycles. The van der Waals surface area contributed by atoms with Crippen LogP contribution in [0.1, 0.15) is 22.5 Å². The van der Waals surface area contributed by atoms with Gasteiger partial charge >= 0.3 is 0 Å². The van der Waals surface area contributed by atoms with Gasteiger partial charge in [0.2, 0.25) is 0 Å². The SMILES string of the molecule is CN1CCc2c(c3cc(C#N)ccc3n2CCc2ccccn2)C1.Cl.Cl. The number of nitriles is 1. The Balaban J connectivity index is 0.00000121. The summed E-state index contributed by atoms with van der Waals surface area (Å²) in [6.45, 7) is 2.97. The van der Waals surface area contributed by atoms with Crippen LogP contribution < -0.4 is 0 Å². The summed E-state index contributed by atoms with van der Waals surface area (Å²) in [6, 6.07) is 14.4. The lowest BCUT2D eigenvalue weighted by Gasteiger charge is -2.24. The standard InChI is InChI=1S/C20H20N4.2ClH/c1-23-10-8-20-18(14-23)17-12-15(13-21)5-6-19(17)24(20)11-7-16-4-2-3-9-22-16;;/h2-6,9,12H,7-8,10-11,14H2,1H3;2*1H. The quantitative estimate of drug-likeness (QED) is 0.681. The van der Waals surface area contributed by atoms with Crippen LogP contribution in [0.3, 0.4) is 0 Å². The van der Waals surface area contributed by atoms with Crippen LogP contribution >= 0.6 is 24.8 Å². The third-order valence-electron chi connectivity index (χ3n) is 4.89.